The summed E-state index contributed by atoms with van der Waals surface area (Å²) in [6, 6.07) is 8.76. The van der Waals surface area contributed by atoms with Crippen LogP contribution in [0.5, 0.6) is 11.5 Å². The lowest BCUT2D eigenvalue weighted by molar-refractivity contribution is 0.102. The molecule has 2 aromatic rings. The van der Waals surface area contributed by atoms with Crippen LogP contribution in [0.1, 0.15) is 16.1 Å². The van der Waals surface area contributed by atoms with E-state index in [0.717, 1.165) is 5.69 Å². The lowest BCUT2D eigenvalue weighted by atomic mass is 10.1. The number of ether oxygens (including phenoxy) is 2. The van der Waals surface area contributed by atoms with Crippen molar-refractivity contribution in [1.29, 1.82) is 0 Å². The molecular formula is C15H16N2O3. The van der Waals surface area contributed by atoms with E-state index in [2.05, 4.69) is 10.3 Å². The second-order valence-electron chi connectivity index (χ2n) is 4.13. The number of methoxy groups -OCH3 is 2. The molecule has 0 spiro atoms. The van der Waals surface area contributed by atoms with Gasteiger partial charge in [-0.15, -0.1) is 0 Å². The summed E-state index contributed by atoms with van der Waals surface area (Å²) < 4.78 is 10.4. The molecule has 0 fully saturated rings. The largest absolute Gasteiger partial charge is 0.496 e. The zero-order valence-electron chi connectivity index (χ0n) is 11.6. The van der Waals surface area contributed by atoms with E-state index in [4.69, 9.17) is 9.47 Å². The van der Waals surface area contributed by atoms with Crippen molar-refractivity contribution in [3.63, 3.8) is 0 Å². The van der Waals surface area contributed by atoms with E-state index in [0.29, 0.717) is 22.7 Å². The van der Waals surface area contributed by atoms with Crippen LogP contribution in [0.2, 0.25) is 0 Å². The Labute approximate surface area is 117 Å². The molecule has 0 aliphatic heterocycles. The molecule has 104 valence electrons. The van der Waals surface area contributed by atoms with Crippen LogP contribution in [0.15, 0.2) is 36.5 Å². The van der Waals surface area contributed by atoms with E-state index >= 15 is 0 Å². The maximum absolute atomic E-state index is 12.4. The van der Waals surface area contributed by atoms with E-state index in [1.165, 1.54) is 14.2 Å². The number of benzene rings is 1. The number of nitrogens with one attached hydrogen (secondary N) is 1. The van der Waals surface area contributed by atoms with Crippen LogP contribution in [0, 0.1) is 6.92 Å². The molecule has 0 bridgehead atoms. The summed E-state index contributed by atoms with van der Waals surface area (Å²) in [5, 5.41) is 2.81. The van der Waals surface area contributed by atoms with Crippen LogP contribution >= 0.6 is 0 Å². The molecule has 1 amide bonds. The molecule has 1 aromatic heterocycles. The van der Waals surface area contributed by atoms with Crippen molar-refractivity contribution in [2.75, 3.05) is 19.5 Å². The number of rotatable bonds is 4. The van der Waals surface area contributed by atoms with Crippen molar-refractivity contribution < 1.29 is 14.3 Å². The summed E-state index contributed by atoms with van der Waals surface area (Å²) >= 11 is 0. The summed E-state index contributed by atoms with van der Waals surface area (Å²) in [4.78, 5) is 16.6. The van der Waals surface area contributed by atoms with Crippen molar-refractivity contribution >= 4 is 11.6 Å². The van der Waals surface area contributed by atoms with Crippen LogP contribution in [-0.2, 0) is 0 Å². The molecule has 0 radical (unpaired) electrons. The highest BCUT2D eigenvalue weighted by Crippen LogP contribution is 2.29. The van der Waals surface area contributed by atoms with E-state index in [1.807, 2.05) is 6.92 Å². The van der Waals surface area contributed by atoms with Crippen LogP contribution in [0.4, 0.5) is 5.69 Å². The van der Waals surface area contributed by atoms with Gasteiger partial charge in [0.05, 0.1) is 25.6 Å². The second-order valence-corrected chi connectivity index (χ2v) is 4.13. The highest BCUT2D eigenvalue weighted by molar-refractivity contribution is 6.08. The van der Waals surface area contributed by atoms with Gasteiger partial charge in [0.15, 0.2) is 0 Å². The maximum Gasteiger partial charge on any atom is 0.263 e. The molecule has 5 nitrogen and oxygen atoms in total. The van der Waals surface area contributed by atoms with Gasteiger partial charge >= 0.3 is 0 Å². The predicted molar refractivity (Wildman–Crippen MR) is 76.5 cm³/mol. The van der Waals surface area contributed by atoms with E-state index in [1.54, 1.807) is 36.5 Å². The van der Waals surface area contributed by atoms with Gasteiger partial charge in [0.1, 0.15) is 17.1 Å². The number of hydrogen-bond acceptors (Lipinski definition) is 4. The number of anilines is 1. The number of pyridine rings is 1. The van der Waals surface area contributed by atoms with Crippen LogP contribution in [-0.4, -0.2) is 25.1 Å². The first kappa shape index (κ1) is 13.9. The Kier molecular flexibility index (Phi) is 4.20. The molecule has 0 saturated carbocycles. The topological polar surface area (TPSA) is 60.5 Å². The fraction of sp³-hybridized carbons (Fsp3) is 0.200. The van der Waals surface area contributed by atoms with Crippen molar-refractivity contribution in [2.45, 2.75) is 6.92 Å². The number of carbonyl (C=O) groups is 1. The minimum absolute atomic E-state index is 0.296. The smallest absolute Gasteiger partial charge is 0.263 e. The molecule has 1 N–H and O–H groups in total. The van der Waals surface area contributed by atoms with Crippen LogP contribution in [0.3, 0.4) is 0 Å². The number of nitrogens with zero attached hydrogens (tertiary/aromatic N) is 1. The minimum atomic E-state index is -0.296. The van der Waals surface area contributed by atoms with Crippen molar-refractivity contribution in [2.24, 2.45) is 0 Å². The third kappa shape index (κ3) is 2.71. The monoisotopic (exact) mass is 272 g/mol. The normalized spacial score (nSPS) is 9.95. The standard InChI is InChI=1S/C15H16N2O3/c1-10-11(6-5-9-16-10)17-15(18)14-12(19-2)7-4-8-13(14)20-3/h4-9H,1-3H3,(H,17,18). The number of aromatic nitrogens is 1. The molecule has 0 atom stereocenters. The summed E-state index contributed by atoms with van der Waals surface area (Å²) in [5.74, 6) is 0.627. The molecule has 0 unspecified atom stereocenters. The van der Waals surface area contributed by atoms with Gasteiger partial charge in [0, 0.05) is 6.20 Å². The Morgan fingerprint density at radius 1 is 1.10 bits per heavy atom. The lowest BCUT2D eigenvalue weighted by Crippen LogP contribution is -2.15. The molecular weight excluding hydrogens is 256 g/mol. The first-order chi connectivity index (χ1) is 9.67. The van der Waals surface area contributed by atoms with Crippen LogP contribution < -0.4 is 14.8 Å². The highest BCUT2D eigenvalue weighted by Gasteiger charge is 2.18. The lowest BCUT2D eigenvalue weighted by Gasteiger charge is -2.13. The van der Waals surface area contributed by atoms with E-state index in [9.17, 15) is 4.79 Å². The second kappa shape index (κ2) is 6.06. The molecule has 1 aromatic carbocycles. The third-order valence-corrected chi connectivity index (χ3v) is 2.91. The fourth-order valence-electron chi connectivity index (χ4n) is 1.88. The average Bonchev–Trinajstić information content (AvgIpc) is 2.48. The van der Waals surface area contributed by atoms with Gasteiger partial charge in [-0.3, -0.25) is 9.78 Å². The van der Waals surface area contributed by atoms with E-state index < -0.39 is 0 Å². The van der Waals surface area contributed by atoms with Gasteiger partial charge in [-0.25, -0.2) is 0 Å². The van der Waals surface area contributed by atoms with Crippen LogP contribution in [0.25, 0.3) is 0 Å². The number of carbonyl (C=O) groups excluding carboxylic acids is 1. The van der Waals surface area contributed by atoms with Crippen molar-refractivity contribution in [3.05, 3.63) is 47.8 Å². The van der Waals surface area contributed by atoms with Gasteiger partial charge in [0.25, 0.3) is 5.91 Å². The molecule has 2 rings (SSSR count). The van der Waals surface area contributed by atoms with Crippen molar-refractivity contribution in [1.82, 2.24) is 4.98 Å². The summed E-state index contributed by atoms with van der Waals surface area (Å²) in [7, 11) is 3.03. The predicted octanol–water partition coefficient (Wildman–Crippen LogP) is 2.66. The summed E-state index contributed by atoms with van der Waals surface area (Å²) in [5.41, 5.74) is 1.76. The third-order valence-electron chi connectivity index (χ3n) is 2.91. The highest BCUT2D eigenvalue weighted by atomic mass is 16.5. The Morgan fingerprint density at radius 3 is 2.30 bits per heavy atom. The number of amides is 1. The summed E-state index contributed by atoms with van der Waals surface area (Å²) in [6.45, 7) is 1.83. The molecule has 1 heterocycles. The zero-order valence-corrected chi connectivity index (χ0v) is 11.6. The SMILES string of the molecule is COc1cccc(OC)c1C(=O)Nc1cccnc1C. The summed E-state index contributed by atoms with van der Waals surface area (Å²) in [6.07, 6.45) is 1.68. The van der Waals surface area contributed by atoms with Gasteiger partial charge in [0.2, 0.25) is 0 Å². The zero-order chi connectivity index (χ0) is 14.5. The number of aryl methyl sites for hydroxylation is 1. The van der Waals surface area contributed by atoms with Gasteiger partial charge < -0.3 is 14.8 Å². The Hall–Kier alpha value is -2.56. The minimum Gasteiger partial charge on any atom is -0.496 e. The van der Waals surface area contributed by atoms with E-state index in [-0.39, 0.29) is 5.91 Å². The molecule has 0 saturated heterocycles. The molecule has 0 aliphatic carbocycles. The molecule has 20 heavy (non-hydrogen) atoms. The first-order valence-electron chi connectivity index (χ1n) is 6.11. The van der Waals surface area contributed by atoms with Gasteiger partial charge in [-0.2, -0.15) is 0 Å². The average molecular weight is 272 g/mol. The Balaban J connectivity index is 2.36. The van der Waals surface area contributed by atoms with Crippen molar-refractivity contribution in [3.8, 4) is 11.5 Å². The van der Waals surface area contributed by atoms with Gasteiger partial charge in [-0.1, -0.05) is 6.07 Å². The molecule has 0 aliphatic rings. The first-order valence-corrected chi connectivity index (χ1v) is 6.11. The number of hydrogen-bond donors (Lipinski definition) is 1. The van der Waals surface area contributed by atoms with Gasteiger partial charge in [-0.05, 0) is 31.2 Å². The fourth-order valence-corrected chi connectivity index (χ4v) is 1.88. The maximum atomic E-state index is 12.4. The Morgan fingerprint density at radius 2 is 1.75 bits per heavy atom. The quantitative estimate of drug-likeness (QED) is 0.929. The Bertz CT molecular complexity index is 604. The molecule has 5 heteroatoms.